The third kappa shape index (κ3) is 3.64. The van der Waals surface area contributed by atoms with Crippen molar-refractivity contribution in [1.82, 2.24) is 9.80 Å². The van der Waals surface area contributed by atoms with E-state index in [2.05, 4.69) is 12.2 Å². The topological polar surface area (TPSA) is 81.2 Å². The van der Waals surface area contributed by atoms with E-state index >= 15 is 0 Å². The Kier molecular flexibility index (Phi) is 6.15. The van der Waals surface area contributed by atoms with Crippen LogP contribution in [0.25, 0.3) is 10.8 Å². The normalized spacial score (nSPS) is 32.4. The molecule has 7 nitrogen and oxygen atoms in total. The second-order valence-corrected chi connectivity index (χ2v) is 12.8. The predicted octanol–water partition coefficient (Wildman–Crippen LogP) is 3.23. The third-order valence-corrected chi connectivity index (χ3v) is 10.4. The lowest BCUT2D eigenvalue weighted by Gasteiger charge is -2.37. The Morgan fingerprint density at radius 3 is 2.47 bits per heavy atom. The first kappa shape index (κ1) is 25.2. The number of benzene rings is 2. The number of hydrogen-bond acceptors (Lipinski definition) is 5. The van der Waals surface area contributed by atoms with Gasteiger partial charge in [0.1, 0.15) is 6.04 Å². The summed E-state index contributed by atoms with van der Waals surface area (Å²) in [4.78, 5) is 47.6. The van der Waals surface area contributed by atoms with E-state index in [1.54, 1.807) is 33.5 Å². The van der Waals surface area contributed by atoms with E-state index in [1.807, 2.05) is 61.5 Å². The van der Waals surface area contributed by atoms with Crippen LogP contribution in [0.3, 0.4) is 0 Å². The number of aliphatic hydroxyl groups is 1. The molecule has 8 heteroatoms. The molecule has 6 rings (SSSR count). The lowest BCUT2D eigenvalue weighted by molar-refractivity contribution is -0.143. The van der Waals surface area contributed by atoms with Gasteiger partial charge in [-0.3, -0.25) is 14.4 Å². The van der Waals surface area contributed by atoms with Gasteiger partial charge in [-0.05, 0) is 42.7 Å². The number of amides is 3. The summed E-state index contributed by atoms with van der Waals surface area (Å²) >= 11 is 1.60. The molecule has 4 aliphatic rings. The monoisotopic (exact) mass is 531 g/mol. The number of likely N-dealkylation sites (tertiary alicyclic amines) is 1. The van der Waals surface area contributed by atoms with E-state index in [9.17, 15) is 19.5 Å². The van der Waals surface area contributed by atoms with Crippen LogP contribution in [-0.4, -0.2) is 81.5 Å². The maximum atomic E-state index is 14.5. The van der Waals surface area contributed by atoms with Gasteiger partial charge in [-0.25, -0.2) is 0 Å². The number of carbonyl (C=O) groups excluding carboxylic acids is 3. The van der Waals surface area contributed by atoms with Gasteiger partial charge in [0, 0.05) is 43.7 Å². The van der Waals surface area contributed by atoms with Crippen LogP contribution < -0.4 is 4.90 Å². The summed E-state index contributed by atoms with van der Waals surface area (Å²) in [5.74, 6) is -1.50. The molecule has 2 saturated heterocycles. The molecule has 1 unspecified atom stereocenters. The van der Waals surface area contributed by atoms with Crippen molar-refractivity contribution < 1.29 is 19.5 Å². The smallest absolute Gasteiger partial charge is 0.251 e. The summed E-state index contributed by atoms with van der Waals surface area (Å²) in [5.41, 5.74) is 0.792. The number of thioether (sulfide) groups is 1. The summed E-state index contributed by atoms with van der Waals surface area (Å²) < 4.78 is -1.45. The number of fused-ring (bicyclic) bond motifs is 3. The molecule has 0 aromatic heterocycles. The molecule has 0 radical (unpaired) electrons. The van der Waals surface area contributed by atoms with Crippen LogP contribution in [0, 0.1) is 11.8 Å². The first-order chi connectivity index (χ1) is 18.3. The molecule has 5 atom stereocenters. The van der Waals surface area contributed by atoms with E-state index < -0.39 is 27.4 Å². The second-order valence-electron chi connectivity index (χ2n) is 11.0. The molecule has 198 valence electrons. The van der Waals surface area contributed by atoms with E-state index in [4.69, 9.17) is 0 Å². The number of unbranched alkanes of at least 4 members (excludes halogenated alkanes) is 1. The zero-order valence-electron chi connectivity index (χ0n) is 21.7. The standard InChI is InChI=1S/C30H33N3O4S/c1-29-13-7-15-31(2)26(35)23(29)24-27(36)33(16-5-6-18-34)25-28(37)32(17-8-14-30(24,25)38-29)22-12-11-20-9-3-4-10-21(20)19-22/h3-4,7-14,19,23-25,34H,5-6,15-18H2,1-2H3/t23-,24+,25?,29+,30+/m1/s1. The Labute approximate surface area is 227 Å². The van der Waals surface area contributed by atoms with Gasteiger partial charge in [-0.1, -0.05) is 54.6 Å². The van der Waals surface area contributed by atoms with Crippen LogP contribution in [0.1, 0.15) is 19.8 Å². The number of carbonyl (C=O) groups is 3. The summed E-state index contributed by atoms with van der Waals surface area (Å²) in [6.07, 6.45) is 9.27. The first-order valence-electron chi connectivity index (χ1n) is 13.3. The average Bonchev–Trinajstić information content (AvgIpc) is 3.18. The van der Waals surface area contributed by atoms with Gasteiger partial charge >= 0.3 is 0 Å². The van der Waals surface area contributed by atoms with E-state index in [1.165, 1.54) is 0 Å². The van der Waals surface area contributed by atoms with Crippen molar-refractivity contribution in [1.29, 1.82) is 0 Å². The molecule has 2 aromatic rings. The number of nitrogens with zero attached hydrogens (tertiary/aromatic N) is 3. The van der Waals surface area contributed by atoms with Crippen molar-refractivity contribution in [3.63, 3.8) is 0 Å². The highest BCUT2D eigenvalue weighted by molar-refractivity contribution is 8.02. The molecule has 4 aliphatic heterocycles. The van der Waals surface area contributed by atoms with Gasteiger partial charge in [-0.2, -0.15) is 0 Å². The molecule has 0 aliphatic carbocycles. The fourth-order valence-electron chi connectivity index (χ4n) is 6.85. The summed E-state index contributed by atoms with van der Waals surface area (Å²) in [6.45, 7) is 3.34. The predicted molar refractivity (Wildman–Crippen MR) is 150 cm³/mol. The molecule has 4 heterocycles. The highest BCUT2D eigenvalue weighted by atomic mass is 32.2. The molecular weight excluding hydrogens is 498 g/mol. The van der Waals surface area contributed by atoms with Gasteiger partial charge in [0.15, 0.2) is 0 Å². The van der Waals surface area contributed by atoms with Crippen LogP contribution in [0.15, 0.2) is 66.8 Å². The lowest BCUT2D eigenvalue weighted by atomic mass is 9.74. The van der Waals surface area contributed by atoms with Crippen LogP contribution in [-0.2, 0) is 14.4 Å². The minimum atomic E-state index is -0.851. The molecule has 1 spiro atoms. The lowest BCUT2D eigenvalue weighted by Crippen LogP contribution is -2.53. The molecule has 38 heavy (non-hydrogen) atoms. The van der Waals surface area contributed by atoms with Crippen LogP contribution in [0.2, 0.25) is 0 Å². The van der Waals surface area contributed by atoms with Crippen molar-refractivity contribution in [3.05, 3.63) is 66.8 Å². The molecule has 2 fully saturated rings. The van der Waals surface area contributed by atoms with Crippen molar-refractivity contribution in [3.8, 4) is 0 Å². The molecule has 0 bridgehead atoms. The Bertz CT molecular complexity index is 1370. The van der Waals surface area contributed by atoms with Gasteiger partial charge in [-0.15, -0.1) is 11.8 Å². The number of rotatable bonds is 5. The minimum absolute atomic E-state index is 0.0296. The van der Waals surface area contributed by atoms with Crippen LogP contribution in [0.5, 0.6) is 0 Å². The fourth-order valence-corrected chi connectivity index (χ4v) is 9.01. The first-order valence-corrected chi connectivity index (χ1v) is 14.1. The third-order valence-electron chi connectivity index (χ3n) is 8.61. The van der Waals surface area contributed by atoms with Crippen molar-refractivity contribution in [2.24, 2.45) is 11.8 Å². The molecule has 1 N–H and O–H groups in total. The second kappa shape index (κ2) is 9.27. The molecule has 3 amide bonds. The number of aliphatic hydroxyl groups excluding tert-OH is 1. The molecule has 0 saturated carbocycles. The number of anilines is 1. The summed E-state index contributed by atoms with van der Waals surface area (Å²) in [6, 6.07) is 13.3. The largest absolute Gasteiger partial charge is 0.396 e. The molecular formula is C30H33N3O4S. The van der Waals surface area contributed by atoms with E-state index in [0.29, 0.717) is 32.5 Å². The van der Waals surface area contributed by atoms with E-state index in [-0.39, 0.29) is 24.3 Å². The quantitative estimate of drug-likeness (QED) is 0.473. The van der Waals surface area contributed by atoms with Crippen LogP contribution >= 0.6 is 11.8 Å². The van der Waals surface area contributed by atoms with Gasteiger partial charge in [0.05, 0.1) is 16.6 Å². The summed E-state index contributed by atoms with van der Waals surface area (Å²) in [7, 11) is 1.78. The average molecular weight is 532 g/mol. The molecule has 2 aromatic carbocycles. The Morgan fingerprint density at radius 1 is 0.921 bits per heavy atom. The summed E-state index contributed by atoms with van der Waals surface area (Å²) in [5, 5.41) is 11.5. The highest BCUT2D eigenvalue weighted by Gasteiger charge is 2.73. The van der Waals surface area contributed by atoms with Gasteiger partial charge < -0.3 is 19.8 Å². The maximum Gasteiger partial charge on any atom is 0.251 e. The van der Waals surface area contributed by atoms with Crippen molar-refractivity contribution >= 4 is 45.9 Å². The minimum Gasteiger partial charge on any atom is -0.396 e. The number of likely N-dealkylation sites (N-methyl/N-ethyl adjacent to an activating group) is 1. The highest BCUT2D eigenvalue weighted by Crippen LogP contribution is 2.65. The maximum absolute atomic E-state index is 14.5. The zero-order valence-corrected chi connectivity index (χ0v) is 22.6. The van der Waals surface area contributed by atoms with Crippen LogP contribution in [0.4, 0.5) is 5.69 Å². The van der Waals surface area contributed by atoms with Gasteiger partial charge in [0.25, 0.3) is 5.91 Å². The number of hydrogen-bond donors (Lipinski definition) is 1. The van der Waals surface area contributed by atoms with Crippen molar-refractivity contribution in [2.75, 3.05) is 38.2 Å². The Morgan fingerprint density at radius 2 is 1.68 bits per heavy atom. The van der Waals surface area contributed by atoms with Crippen molar-refractivity contribution in [2.45, 2.75) is 35.3 Å². The Hall–Kier alpha value is -3.10. The van der Waals surface area contributed by atoms with Gasteiger partial charge in [0.2, 0.25) is 11.8 Å². The Balaban J connectivity index is 1.46. The zero-order chi connectivity index (χ0) is 26.7. The SMILES string of the molecule is CN1CC=C[C@]2(C)S[C@]34C=CCN(c5ccc6ccccc6c5)C(=O)C3N(CCCCO)C(=O)[C@@H]4[C@@H]2C1=O. The van der Waals surface area contributed by atoms with E-state index in [0.717, 1.165) is 16.5 Å². The fraction of sp³-hybridized carbons (Fsp3) is 0.433.